The first-order valence-corrected chi connectivity index (χ1v) is 10.8. The molecule has 0 atom stereocenters. The molecule has 0 bridgehead atoms. The lowest BCUT2D eigenvalue weighted by molar-refractivity contribution is 0.0914. The molecule has 0 aliphatic heterocycles. The van der Waals surface area contributed by atoms with Crippen molar-refractivity contribution in [1.29, 1.82) is 0 Å². The lowest BCUT2D eigenvalue weighted by Gasteiger charge is -2.15. The number of ether oxygens (including phenoxy) is 1. The van der Waals surface area contributed by atoms with Gasteiger partial charge in [-0.1, -0.05) is 12.1 Å². The van der Waals surface area contributed by atoms with Crippen molar-refractivity contribution >= 4 is 21.8 Å². The van der Waals surface area contributed by atoms with E-state index in [0.29, 0.717) is 28.5 Å². The quantitative estimate of drug-likeness (QED) is 0.515. The smallest absolute Gasteiger partial charge is 0.301 e. The fraction of sp³-hybridized carbons (Fsp3) is 0.300. The first-order valence-electron chi connectivity index (χ1n) is 9.33. The third kappa shape index (κ3) is 5.32. The van der Waals surface area contributed by atoms with Gasteiger partial charge in [-0.2, -0.15) is 12.7 Å². The van der Waals surface area contributed by atoms with Crippen LogP contribution in [-0.4, -0.2) is 44.8 Å². The molecule has 2 N–H and O–H groups in total. The van der Waals surface area contributed by atoms with Crippen molar-refractivity contribution in [2.45, 2.75) is 20.1 Å². The number of amides is 1. The van der Waals surface area contributed by atoms with Crippen LogP contribution in [0, 0.1) is 6.92 Å². The van der Waals surface area contributed by atoms with Gasteiger partial charge in [-0.25, -0.2) is 4.98 Å². The molecule has 3 rings (SSSR count). The van der Waals surface area contributed by atoms with Crippen molar-refractivity contribution in [2.75, 3.05) is 25.9 Å². The van der Waals surface area contributed by atoms with Crippen LogP contribution in [0.5, 0.6) is 0 Å². The van der Waals surface area contributed by atoms with Crippen LogP contribution in [0.1, 0.15) is 27.8 Å². The average Bonchev–Trinajstić information content (AvgIpc) is 3.33. The first-order chi connectivity index (χ1) is 14.7. The molecule has 0 unspecified atom stereocenters. The number of rotatable bonds is 9. The highest BCUT2D eigenvalue weighted by Gasteiger charge is 2.20. The van der Waals surface area contributed by atoms with Gasteiger partial charge in [0.1, 0.15) is 23.8 Å². The Balaban J connectivity index is 1.76. The van der Waals surface area contributed by atoms with Gasteiger partial charge in [0.15, 0.2) is 5.76 Å². The van der Waals surface area contributed by atoms with E-state index in [1.54, 1.807) is 43.3 Å². The fourth-order valence-corrected chi connectivity index (χ4v) is 3.31. The van der Waals surface area contributed by atoms with Crippen molar-refractivity contribution in [3.05, 3.63) is 59.4 Å². The minimum absolute atomic E-state index is 0.111. The Kier molecular flexibility index (Phi) is 6.78. The first kappa shape index (κ1) is 22.5. The fourth-order valence-electron chi connectivity index (χ4n) is 2.67. The number of carbonyl (C=O) groups excluding carboxylic acids is 1. The SMILES string of the molecule is COCc1ccc(C(=O)NCc2nc(-c3ccccc3NS(=O)(=O)N(C)C)oc2C)o1. The van der Waals surface area contributed by atoms with Gasteiger partial charge in [-0.3, -0.25) is 9.52 Å². The topological polar surface area (TPSA) is 127 Å². The predicted octanol–water partition coefficient (Wildman–Crippen LogP) is 2.54. The molecular weight excluding hydrogens is 424 g/mol. The zero-order valence-electron chi connectivity index (χ0n) is 17.6. The van der Waals surface area contributed by atoms with Gasteiger partial charge < -0.3 is 18.9 Å². The summed E-state index contributed by atoms with van der Waals surface area (Å²) < 4.78 is 44.1. The summed E-state index contributed by atoms with van der Waals surface area (Å²) in [5.41, 5.74) is 1.32. The van der Waals surface area contributed by atoms with Gasteiger partial charge in [-0.05, 0) is 31.2 Å². The number of methoxy groups -OCH3 is 1. The minimum Gasteiger partial charge on any atom is -0.453 e. The molecule has 11 heteroatoms. The third-order valence-corrected chi connectivity index (χ3v) is 5.80. The highest BCUT2D eigenvalue weighted by molar-refractivity contribution is 7.90. The Morgan fingerprint density at radius 1 is 1.16 bits per heavy atom. The molecule has 2 aromatic heterocycles. The van der Waals surface area contributed by atoms with E-state index < -0.39 is 16.1 Å². The van der Waals surface area contributed by atoms with Crippen molar-refractivity contribution in [2.24, 2.45) is 0 Å². The molecule has 0 aliphatic rings. The van der Waals surface area contributed by atoms with E-state index in [-0.39, 0.29) is 24.8 Å². The van der Waals surface area contributed by atoms with Gasteiger partial charge in [0.05, 0.1) is 17.8 Å². The number of aryl methyl sites for hydroxylation is 1. The number of nitrogens with zero attached hydrogens (tertiary/aromatic N) is 2. The summed E-state index contributed by atoms with van der Waals surface area (Å²) >= 11 is 0. The van der Waals surface area contributed by atoms with Gasteiger partial charge in [0.2, 0.25) is 5.89 Å². The summed E-state index contributed by atoms with van der Waals surface area (Å²) in [5.74, 6) is 1.05. The molecule has 0 fully saturated rings. The molecule has 3 aromatic rings. The molecule has 10 nitrogen and oxygen atoms in total. The number of para-hydroxylation sites is 1. The maximum atomic E-state index is 12.3. The minimum atomic E-state index is -3.70. The second kappa shape index (κ2) is 9.33. The number of anilines is 1. The normalized spacial score (nSPS) is 11.6. The second-order valence-corrected chi connectivity index (χ2v) is 8.72. The molecule has 0 saturated heterocycles. The van der Waals surface area contributed by atoms with Crippen LogP contribution in [0.2, 0.25) is 0 Å². The van der Waals surface area contributed by atoms with Gasteiger partial charge in [0, 0.05) is 21.2 Å². The number of furan rings is 1. The molecule has 0 aliphatic carbocycles. The molecular formula is C20H24N4O6S. The Bertz CT molecular complexity index is 1170. The third-order valence-electron chi connectivity index (χ3n) is 4.36. The molecule has 1 amide bonds. The van der Waals surface area contributed by atoms with Gasteiger partial charge >= 0.3 is 10.2 Å². The van der Waals surface area contributed by atoms with Crippen LogP contribution in [0.3, 0.4) is 0 Å². The number of carbonyl (C=O) groups is 1. The van der Waals surface area contributed by atoms with Gasteiger partial charge in [-0.15, -0.1) is 0 Å². The summed E-state index contributed by atoms with van der Waals surface area (Å²) in [7, 11) is 0.694. The zero-order valence-corrected chi connectivity index (χ0v) is 18.4. The number of hydrogen-bond acceptors (Lipinski definition) is 7. The van der Waals surface area contributed by atoms with Crippen LogP contribution >= 0.6 is 0 Å². The largest absolute Gasteiger partial charge is 0.453 e. The number of benzene rings is 1. The standard InChI is InChI=1S/C20H24N4O6S/c1-13-17(11-21-19(25)18-10-9-14(30-18)12-28-4)22-20(29-13)15-7-5-6-8-16(15)23-31(26,27)24(2)3/h5-10,23H,11-12H2,1-4H3,(H,21,25). The highest BCUT2D eigenvalue weighted by atomic mass is 32.2. The number of nitrogens with one attached hydrogen (secondary N) is 2. The van der Waals surface area contributed by atoms with Crippen LogP contribution < -0.4 is 10.0 Å². The molecule has 166 valence electrons. The monoisotopic (exact) mass is 448 g/mol. The van der Waals surface area contributed by atoms with E-state index in [1.807, 2.05) is 0 Å². The lowest BCUT2D eigenvalue weighted by Crippen LogP contribution is -2.29. The van der Waals surface area contributed by atoms with Crippen LogP contribution in [0.15, 0.2) is 45.2 Å². The van der Waals surface area contributed by atoms with Crippen molar-refractivity contribution in [3.63, 3.8) is 0 Å². The highest BCUT2D eigenvalue weighted by Crippen LogP contribution is 2.29. The predicted molar refractivity (Wildman–Crippen MR) is 113 cm³/mol. The van der Waals surface area contributed by atoms with E-state index in [9.17, 15) is 13.2 Å². The van der Waals surface area contributed by atoms with E-state index in [1.165, 1.54) is 21.2 Å². The summed E-state index contributed by atoms with van der Waals surface area (Å²) in [4.78, 5) is 16.7. The van der Waals surface area contributed by atoms with E-state index in [4.69, 9.17) is 13.6 Å². The Morgan fingerprint density at radius 2 is 1.90 bits per heavy atom. The van der Waals surface area contributed by atoms with Crippen molar-refractivity contribution < 1.29 is 26.8 Å². The number of aromatic nitrogens is 1. The summed E-state index contributed by atoms with van der Waals surface area (Å²) in [6, 6.07) is 10.0. The molecule has 0 spiro atoms. The van der Waals surface area contributed by atoms with E-state index in [0.717, 1.165) is 4.31 Å². The summed E-state index contributed by atoms with van der Waals surface area (Å²) in [6.45, 7) is 2.10. The Hall–Kier alpha value is -3.15. The lowest BCUT2D eigenvalue weighted by atomic mass is 10.2. The maximum Gasteiger partial charge on any atom is 0.301 e. The molecule has 0 radical (unpaired) electrons. The Morgan fingerprint density at radius 3 is 2.61 bits per heavy atom. The molecule has 31 heavy (non-hydrogen) atoms. The van der Waals surface area contributed by atoms with Crippen LogP contribution in [0.25, 0.3) is 11.5 Å². The maximum absolute atomic E-state index is 12.3. The average molecular weight is 449 g/mol. The number of oxazole rings is 1. The van der Waals surface area contributed by atoms with E-state index in [2.05, 4.69) is 15.0 Å². The second-order valence-electron chi connectivity index (χ2n) is 6.84. The van der Waals surface area contributed by atoms with Gasteiger partial charge in [0.25, 0.3) is 5.91 Å². The van der Waals surface area contributed by atoms with Crippen LogP contribution in [-0.2, 0) is 28.1 Å². The summed E-state index contributed by atoms with van der Waals surface area (Å²) in [6.07, 6.45) is 0. The molecule has 1 aromatic carbocycles. The number of hydrogen-bond donors (Lipinski definition) is 2. The van der Waals surface area contributed by atoms with E-state index >= 15 is 0 Å². The molecule has 0 saturated carbocycles. The zero-order chi connectivity index (χ0) is 22.6. The molecule has 2 heterocycles. The Labute approximate surface area is 180 Å². The van der Waals surface area contributed by atoms with Crippen molar-refractivity contribution in [3.8, 4) is 11.5 Å². The van der Waals surface area contributed by atoms with Crippen molar-refractivity contribution in [1.82, 2.24) is 14.6 Å². The van der Waals surface area contributed by atoms with Crippen LogP contribution in [0.4, 0.5) is 5.69 Å². The summed E-state index contributed by atoms with van der Waals surface area (Å²) in [5, 5.41) is 2.73.